The van der Waals surface area contributed by atoms with E-state index in [4.69, 9.17) is 16.3 Å². The van der Waals surface area contributed by atoms with Crippen molar-refractivity contribution in [1.29, 1.82) is 0 Å². The van der Waals surface area contributed by atoms with Gasteiger partial charge in [0.1, 0.15) is 5.75 Å². The van der Waals surface area contributed by atoms with Crippen LogP contribution in [0.1, 0.15) is 5.56 Å². The molecule has 2 rings (SSSR count). The number of benzene rings is 2. The number of carbonyl (C=O) groups is 2. The van der Waals surface area contributed by atoms with Crippen molar-refractivity contribution >= 4 is 29.2 Å². The molecule has 1 N–H and O–H groups in total. The lowest BCUT2D eigenvalue weighted by atomic mass is 10.1. The molecule has 0 spiro atoms. The second-order valence-corrected chi connectivity index (χ2v) is 5.46. The monoisotopic (exact) mass is 387 g/mol. The fraction of sp³-hybridized carbons (Fsp3) is 0.176. The summed E-state index contributed by atoms with van der Waals surface area (Å²) in [5, 5.41) is 2.80. The lowest BCUT2D eigenvalue weighted by Crippen LogP contribution is -2.21. The molecule has 0 aliphatic rings. The maximum Gasteiger partial charge on any atom is 0.573 e. The third-order valence-electron chi connectivity index (χ3n) is 3.03. The number of hydrogen-bond acceptors (Lipinski definition) is 4. The van der Waals surface area contributed by atoms with Gasteiger partial charge in [-0.15, -0.1) is 13.2 Å². The van der Waals surface area contributed by atoms with Gasteiger partial charge in [-0.1, -0.05) is 29.8 Å². The molecular weight excluding hydrogens is 375 g/mol. The minimum Gasteiger partial charge on any atom is -0.455 e. The van der Waals surface area contributed by atoms with E-state index in [0.29, 0.717) is 10.6 Å². The topological polar surface area (TPSA) is 64.6 Å². The number of rotatable bonds is 6. The summed E-state index contributed by atoms with van der Waals surface area (Å²) < 4.78 is 44.7. The summed E-state index contributed by atoms with van der Waals surface area (Å²) in [6, 6.07) is 11.3. The molecule has 0 bridgehead atoms. The van der Waals surface area contributed by atoms with Gasteiger partial charge in [-0.05, 0) is 35.9 Å². The van der Waals surface area contributed by atoms with Crippen LogP contribution in [-0.4, -0.2) is 24.8 Å². The van der Waals surface area contributed by atoms with Crippen LogP contribution in [0.2, 0.25) is 5.02 Å². The summed E-state index contributed by atoms with van der Waals surface area (Å²) in [4.78, 5) is 23.4. The van der Waals surface area contributed by atoms with Gasteiger partial charge in [-0.25, -0.2) is 0 Å². The van der Waals surface area contributed by atoms with Crippen LogP contribution in [0.4, 0.5) is 18.9 Å². The Morgan fingerprint density at radius 1 is 1.04 bits per heavy atom. The van der Waals surface area contributed by atoms with Gasteiger partial charge in [0.2, 0.25) is 0 Å². The molecule has 26 heavy (non-hydrogen) atoms. The van der Waals surface area contributed by atoms with Crippen molar-refractivity contribution in [2.75, 3.05) is 11.9 Å². The average Bonchev–Trinajstić information content (AvgIpc) is 2.56. The summed E-state index contributed by atoms with van der Waals surface area (Å²) in [5.74, 6) is -1.69. The molecule has 0 heterocycles. The SMILES string of the molecule is O=C(COC(=O)Cc1ccccc1Cl)Nc1ccc(OC(F)(F)F)cc1. The van der Waals surface area contributed by atoms with E-state index in [-0.39, 0.29) is 12.1 Å². The van der Waals surface area contributed by atoms with Crippen LogP contribution in [0.5, 0.6) is 5.75 Å². The average molecular weight is 388 g/mol. The smallest absolute Gasteiger partial charge is 0.455 e. The maximum absolute atomic E-state index is 12.1. The van der Waals surface area contributed by atoms with E-state index in [1.54, 1.807) is 24.3 Å². The van der Waals surface area contributed by atoms with E-state index < -0.39 is 30.6 Å². The van der Waals surface area contributed by atoms with Gasteiger partial charge >= 0.3 is 12.3 Å². The first-order valence-electron chi connectivity index (χ1n) is 7.27. The fourth-order valence-electron chi connectivity index (χ4n) is 1.93. The minimum atomic E-state index is -4.79. The van der Waals surface area contributed by atoms with E-state index in [9.17, 15) is 22.8 Å². The highest BCUT2D eigenvalue weighted by Crippen LogP contribution is 2.24. The summed E-state index contributed by atoms with van der Waals surface area (Å²) in [6.07, 6.45) is -4.88. The number of ether oxygens (including phenoxy) is 2. The third kappa shape index (κ3) is 6.64. The molecule has 138 valence electrons. The molecular formula is C17H13ClF3NO4. The number of amides is 1. The normalized spacial score (nSPS) is 10.9. The van der Waals surface area contributed by atoms with Crippen molar-refractivity contribution in [3.63, 3.8) is 0 Å². The molecule has 0 aromatic heterocycles. The molecule has 2 aromatic carbocycles. The molecule has 0 saturated heterocycles. The molecule has 0 unspecified atom stereocenters. The second kappa shape index (κ2) is 8.57. The number of alkyl halides is 3. The van der Waals surface area contributed by atoms with Crippen molar-refractivity contribution < 1.29 is 32.2 Å². The Bertz CT molecular complexity index is 778. The summed E-state index contributed by atoms with van der Waals surface area (Å²) in [7, 11) is 0. The number of hydrogen-bond donors (Lipinski definition) is 1. The Kier molecular flexibility index (Phi) is 6.46. The van der Waals surface area contributed by atoms with E-state index in [1.165, 1.54) is 12.1 Å². The molecule has 0 saturated carbocycles. The standard InChI is InChI=1S/C17H13ClF3NO4/c18-14-4-2-1-3-11(14)9-16(24)25-10-15(23)22-12-5-7-13(8-6-12)26-17(19,20)21/h1-8H,9-10H2,(H,22,23). The number of nitrogens with one attached hydrogen (secondary N) is 1. The maximum atomic E-state index is 12.1. The molecule has 0 aliphatic heterocycles. The van der Waals surface area contributed by atoms with E-state index in [2.05, 4.69) is 10.1 Å². The van der Waals surface area contributed by atoms with E-state index >= 15 is 0 Å². The second-order valence-electron chi connectivity index (χ2n) is 5.05. The van der Waals surface area contributed by atoms with Gasteiger partial charge in [0.25, 0.3) is 5.91 Å². The Morgan fingerprint density at radius 3 is 2.31 bits per heavy atom. The molecule has 0 fully saturated rings. The lowest BCUT2D eigenvalue weighted by molar-refractivity contribution is -0.274. The van der Waals surface area contributed by atoms with Crippen LogP contribution in [0.25, 0.3) is 0 Å². The Balaban J connectivity index is 1.79. The summed E-state index contributed by atoms with van der Waals surface area (Å²) in [5.41, 5.74) is 0.798. The van der Waals surface area contributed by atoms with Crippen molar-refractivity contribution in [3.05, 3.63) is 59.1 Å². The predicted octanol–water partition coefficient (Wildman–Crippen LogP) is 3.96. The Hall–Kier alpha value is -2.74. The van der Waals surface area contributed by atoms with Crippen LogP contribution in [0.3, 0.4) is 0 Å². The third-order valence-corrected chi connectivity index (χ3v) is 3.40. The fourth-order valence-corrected chi connectivity index (χ4v) is 2.13. The van der Waals surface area contributed by atoms with Gasteiger partial charge in [0.05, 0.1) is 6.42 Å². The molecule has 9 heteroatoms. The zero-order valence-electron chi connectivity index (χ0n) is 13.2. The van der Waals surface area contributed by atoms with Gasteiger partial charge < -0.3 is 14.8 Å². The van der Waals surface area contributed by atoms with Crippen molar-refractivity contribution in [2.45, 2.75) is 12.8 Å². The van der Waals surface area contributed by atoms with Crippen molar-refractivity contribution in [2.24, 2.45) is 0 Å². The van der Waals surface area contributed by atoms with Gasteiger partial charge in [0, 0.05) is 10.7 Å². The first-order valence-corrected chi connectivity index (χ1v) is 7.65. The lowest BCUT2D eigenvalue weighted by Gasteiger charge is -2.10. The molecule has 1 amide bonds. The highest BCUT2D eigenvalue weighted by Gasteiger charge is 2.30. The minimum absolute atomic E-state index is 0.0869. The number of halogens is 4. The zero-order valence-corrected chi connectivity index (χ0v) is 13.9. The highest BCUT2D eigenvalue weighted by molar-refractivity contribution is 6.31. The van der Waals surface area contributed by atoms with E-state index in [1.807, 2.05) is 0 Å². The predicted molar refractivity (Wildman–Crippen MR) is 87.9 cm³/mol. The Labute approximate surface area is 151 Å². The van der Waals surface area contributed by atoms with Crippen LogP contribution in [-0.2, 0) is 20.7 Å². The molecule has 0 atom stereocenters. The first kappa shape index (κ1) is 19.6. The number of carbonyl (C=O) groups excluding carboxylic acids is 2. The Morgan fingerprint density at radius 2 is 1.69 bits per heavy atom. The van der Waals surface area contributed by atoms with Gasteiger partial charge in [-0.3, -0.25) is 9.59 Å². The van der Waals surface area contributed by atoms with Crippen LogP contribution in [0.15, 0.2) is 48.5 Å². The zero-order chi connectivity index (χ0) is 19.2. The molecule has 2 aromatic rings. The quantitative estimate of drug-likeness (QED) is 0.762. The number of esters is 1. The van der Waals surface area contributed by atoms with Crippen molar-refractivity contribution in [3.8, 4) is 5.75 Å². The number of anilines is 1. The van der Waals surface area contributed by atoms with Crippen molar-refractivity contribution in [1.82, 2.24) is 0 Å². The van der Waals surface area contributed by atoms with Crippen LogP contribution >= 0.6 is 11.6 Å². The first-order chi connectivity index (χ1) is 12.2. The van der Waals surface area contributed by atoms with Gasteiger partial charge in [0.15, 0.2) is 6.61 Å². The highest BCUT2D eigenvalue weighted by atomic mass is 35.5. The summed E-state index contributed by atoms with van der Waals surface area (Å²) >= 11 is 5.92. The largest absolute Gasteiger partial charge is 0.573 e. The molecule has 0 radical (unpaired) electrons. The van der Waals surface area contributed by atoms with Crippen LogP contribution < -0.4 is 10.1 Å². The molecule has 5 nitrogen and oxygen atoms in total. The van der Waals surface area contributed by atoms with Crippen LogP contribution in [0, 0.1) is 0 Å². The molecule has 0 aliphatic carbocycles. The van der Waals surface area contributed by atoms with Gasteiger partial charge in [-0.2, -0.15) is 0 Å². The summed E-state index contributed by atoms with van der Waals surface area (Å²) in [6.45, 7) is -0.538. The van der Waals surface area contributed by atoms with E-state index in [0.717, 1.165) is 12.1 Å².